The summed E-state index contributed by atoms with van der Waals surface area (Å²) in [6.07, 6.45) is 6.41. The number of ether oxygens (including phenoxy) is 2. The van der Waals surface area contributed by atoms with Crippen LogP contribution in [0, 0.1) is 0 Å². The Kier molecular flexibility index (Phi) is 6.02. The zero-order valence-electron chi connectivity index (χ0n) is 14.8. The molecular weight excluding hydrogens is 336 g/mol. The molecule has 0 aromatic heterocycles. The minimum Gasteiger partial charge on any atom is -0.493 e. The van der Waals surface area contributed by atoms with Crippen LogP contribution in [-0.2, 0) is 4.79 Å². The van der Waals surface area contributed by atoms with Crippen LogP contribution in [0.15, 0.2) is 28.1 Å². The fraction of sp³-hybridized carbons (Fsp3) is 0.474. The van der Waals surface area contributed by atoms with Crippen molar-refractivity contribution in [2.24, 2.45) is 4.99 Å². The van der Waals surface area contributed by atoms with Gasteiger partial charge in [0.2, 0.25) is 0 Å². The van der Waals surface area contributed by atoms with Crippen molar-refractivity contribution >= 4 is 28.9 Å². The van der Waals surface area contributed by atoms with Crippen LogP contribution in [0.1, 0.15) is 38.2 Å². The van der Waals surface area contributed by atoms with Crippen molar-refractivity contribution in [3.8, 4) is 11.5 Å². The van der Waals surface area contributed by atoms with Gasteiger partial charge in [0.25, 0.3) is 5.91 Å². The first-order chi connectivity index (χ1) is 12.2. The molecule has 0 aliphatic carbocycles. The van der Waals surface area contributed by atoms with E-state index < -0.39 is 0 Å². The fourth-order valence-corrected chi connectivity index (χ4v) is 3.84. The molecular formula is C19H24N2O3S. The molecule has 2 aliphatic heterocycles. The van der Waals surface area contributed by atoms with E-state index in [1.54, 1.807) is 7.11 Å². The second-order valence-electron chi connectivity index (χ2n) is 6.12. The van der Waals surface area contributed by atoms with Crippen LogP contribution in [0.25, 0.3) is 6.08 Å². The second-order valence-corrected chi connectivity index (χ2v) is 7.13. The van der Waals surface area contributed by atoms with E-state index in [0.29, 0.717) is 23.0 Å². The Morgan fingerprint density at radius 3 is 2.76 bits per heavy atom. The molecule has 1 amide bonds. The van der Waals surface area contributed by atoms with Crippen LogP contribution >= 0.6 is 11.8 Å². The van der Waals surface area contributed by atoms with Crippen molar-refractivity contribution in [2.75, 3.05) is 26.8 Å². The van der Waals surface area contributed by atoms with Gasteiger partial charge in [-0.2, -0.15) is 4.99 Å². The van der Waals surface area contributed by atoms with Gasteiger partial charge in [-0.25, -0.2) is 0 Å². The molecule has 25 heavy (non-hydrogen) atoms. The lowest BCUT2D eigenvalue weighted by molar-refractivity contribution is -0.113. The monoisotopic (exact) mass is 360 g/mol. The number of amidine groups is 1. The number of nitrogens with zero attached hydrogens (tertiary/aromatic N) is 2. The Hall–Kier alpha value is -1.95. The van der Waals surface area contributed by atoms with Gasteiger partial charge in [0.15, 0.2) is 16.7 Å². The number of methoxy groups -OCH3 is 1. The highest BCUT2D eigenvalue weighted by Gasteiger charge is 2.26. The maximum absolute atomic E-state index is 12.3. The van der Waals surface area contributed by atoms with Gasteiger partial charge >= 0.3 is 0 Å². The predicted molar refractivity (Wildman–Crippen MR) is 102 cm³/mol. The number of aliphatic imine (C=N–C) groups is 1. The first kappa shape index (κ1) is 17.9. The van der Waals surface area contributed by atoms with Crippen LogP contribution in [0.5, 0.6) is 11.5 Å². The average molecular weight is 360 g/mol. The van der Waals surface area contributed by atoms with E-state index in [1.807, 2.05) is 24.3 Å². The number of thioether (sulfide) groups is 1. The van der Waals surface area contributed by atoms with Gasteiger partial charge in [-0.15, -0.1) is 0 Å². The molecule has 0 radical (unpaired) electrons. The van der Waals surface area contributed by atoms with Crippen molar-refractivity contribution in [3.63, 3.8) is 0 Å². The molecule has 2 heterocycles. The highest BCUT2D eigenvalue weighted by Crippen LogP contribution is 2.34. The van der Waals surface area contributed by atoms with Gasteiger partial charge < -0.3 is 14.4 Å². The number of benzene rings is 1. The van der Waals surface area contributed by atoms with Crippen molar-refractivity contribution in [1.29, 1.82) is 0 Å². The molecule has 1 fully saturated rings. The molecule has 0 unspecified atom stereocenters. The standard InChI is InChI=1S/C19H24N2O3S/c1-3-11-24-16-12-14(7-8-15(16)23-2)13-17-18(22)20-19(25-17)21-9-5-4-6-10-21/h7-8,12-13H,3-6,9-11H2,1-2H3. The van der Waals surface area contributed by atoms with Crippen molar-refractivity contribution in [3.05, 3.63) is 28.7 Å². The summed E-state index contributed by atoms with van der Waals surface area (Å²) in [6.45, 7) is 4.67. The topological polar surface area (TPSA) is 51.1 Å². The van der Waals surface area contributed by atoms with E-state index in [2.05, 4.69) is 16.8 Å². The summed E-state index contributed by atoms with van der Waals surface area (Å²) in [6, 6.07) is 5.71. The third-order valence-corrected chi connectivity index (χ3v) is 5.23. The van der Waals surface area contributed by atoms with Crippen LogP contribution in [0.4, 0.5) is 0 Å². The quantitative estimate of drug-likeness (QED) is 0.745. The maximum atomic E-state index is 12.3. The lowest BCUT2D eigenvalue weighted by Gasteiger charge is -2.27. The molecule has 0 N–H and O–H groups in total. The Morgan fingerprint density at radius 2 is 2.04 bits per heavy atom. The van der Waals surface area contributed by atoms with E-state index in [1.165, 1.54) is 31.0 Å². The van der Waals surface area contributed by atoms with E-state index in [0.717, 1.165) is 30.2 Å². The Bertz CT molecular complexity index is 694. The number of likely N-dealkylation sites (tertiary alicyclic amines) is 1. The highest BCUT2D eigenvalue weighted by atomic mass is 32.2. The predicted octanol–water partition coefficient (Wildman–Crippen LogP) is 3.94. The summed E-state index contributed by atoms with van der Waals surface area (Å²) in [4.78, 5) is 19.4. The third-order valence-electron chi connectivity index (χ3n) is 4.18. The minimum atomic E-state index is -0.155. The number of carbonyl (C=O) groups is 1. The van der Waals surface area contributed by atoms with Crippen molar-refractivity contribution in [1.82, 2.24) is 4.90 Å². The number of carbonyl (C=O) groups excluding carboxylic acids is 1. The van der Waals surface area contributed by atoms with E-state index >= 15 is 0 Å². The second kappa shape index (κ2) is 8.43. The summed E-state index contributed by atoms with van der Waals surface area (Å²) in [5, 5.41) is 0.840. The fourth-order valence-electron chi connectivity index (χ4n) is 2.88. The van der Waals surface area contributed by atoms with E-state index in [-0.39, 0.29) is 5.91 Å². The maximum Gasteiger partial charge on any atom is 0.286 e. The molecule has 5 nitrogen and oxygen atoms in total. The highest BCUT2D eigenvalue weighted by molar-refractivity contribution is 8.18. The molecule has 2 aliphatic rings. The largest absolute Gasteiger partial charge is 0.493 e. The summed E-state index contributed by atoms with van der Waals surface area (Å²) in [5.74, 6) is 1.25. The molecule has 3 rings (SSSR count). The lowest BCUT2D eigenvalue weighted by atomic mass is 10.1. The molecule has 134 valence electrons. The van der Waals surface area contributed by atoms with Gasteiger partial charge in [-0.05, 0) is 61.2 Å². The average Bonchev–Trinajstić information content (AvgIpc) is 3.01. The summed E-state index contributed by atoms with van der Waals surface area (Å²) < 4.78 is 11.1. The van der Waals surface area contributed by atoms with Crippen LogP contribution in [0.2, 0.25) is 0 Å². The summed E-state index contributed by atoms with van der Waals surface area (Å²) >= 11 is 1.47. The van der Waals surface area contributed by atoms with Gasteiger partial charge in [-0.1, -0.05) is 13.0 Å². The van der Waals surface area contributed by atoms with Gasteiger partial charge in [-0.3, -0.25) is 4.79 Å². The Balaban J connectivity index is 1.75. The molecule has 1 saturated heterocycles. The normalized spacial score (nSPS) is 19.3. The first-order valence-electron chi connectivity index (χ1n) is 8.79. The summed E-state index contributed by atoms with van der Waals surface area (Å²) in [7, 11) is 1.63. The Morgan fingerprint density at radius 1 is 1.24 bits per heavy atom. The van der Waals surface area contributed by atoms with Gasteiger partial charge in [0, 0.05) is 13.1 Å². The SMILES string of the molecule is CCCOc1cc(C=C2SC(N3CCCCC3)=NC2=O)ccc1OC. The number of piperidine rings is 1. The lowest BCUT2D eigenvalue weighted by Crippen LogP contribution is -2.33. The number of hydrogen-bond acceptors (Lipinski definition) is 5. The van der Waals surface area contributed by atoms with Gasteiger partial charge in [0.1, 0.15) is 0 Å². The molecule has 1 aromatic carbocycles. The zero-order chi connectivity index (χ0) is 17.6. The van der Waals surface area contributed by atoms with Gasteiger partial charge in [0.05, 0.1) is 18.6 Å². The first-order valence-corrected chi connectivity index (χ1v) is 9.61. The van der Waals surface area contributed by atoms with Crippen molar-refractivity contribution < 1.29 is 14.3 Å². The molecule has 0 saturated carbocycles. The smallest absolute Gasteiger partial charge is 0.286 e. The number of hydrogen-bond donors (Lipinski definition) is 0. The molecule has 0 spiro atoms. The Labute approximate surface area is 153 Å². The third kappa shape index (κ3) is 4.37. The van der Waals surface area contributed by atoms with Crippen LogP contribution < -0.4 is 9.47 Å². The molecule has 1 aromatic rings. The van der Waals surface area contributed by atoms with Crippen LogP contribution in [0.3, 0.4) is 0 Å². The number of rotatable bonds is 5. The number of amides is 1. The molecule has 0 bridgehead atoms. The van der Waals surface area contributed by atoms with E-state index in [4.69, 9.17) is 9.47 Å². The molecule has 0 atom stereocenters. The minimum absolute atomic E-state index is 0.155. The molecule has 6 heteroatoms. The van der Waals surface area contributed by atoms with E-state index in [9.17, 15) is 4.79 Å². The zero-order valence-corrected chi connectivity index (χ0v) is 15.6. The summed E-state index contributed by atoms with van der Waals surface area (Å²) in [5.41, 5.74) is 0.915. The van der Waals surface area contributed by atoms with Crippen molar-refractivity contribution in [2.45, 2.75) is 32.6 Å². The van der Waals surface area contributed by atoms with Crippen LogP contribution in [-0.4, -0.2) is 42.8 Å².